The van der Waals surface area contributed by atoms with Gasteiger partial charge in [0.15, 0.2) is 0 Å². The molecule has 1 fully saturated rings. The fraction of sp³-hybridized carbons (Fsp3) is 0.364. The van der Waals surface area contributed by atoms with Gasteiger partial charge < -0.3 is 15.2 Å². The van der Waals surface area contributed by atoms with Gasteiger partial charge in [0.2, 0.25) is 11.7 Å². The van der Waals surface area contributed by atoms with Crippen molar-refractivity contribution in [2.45, 2.75) is 38.3 Å². The van der Waals surface area contributed by atoms with E-state index in [0.717, 1.165) is 31.2 Å². The molecule has 0 bridgehead atoms. The van der Waals surface area contributed by atoms with Crippen molar-refractivity contribution in [1.29, 1.82) is 0 Å². The van der Waals surface area contributed by atoms with E-state index >= 15 is 0 Å². The molecular formula is C22H25N5O3. The quantitative estimate of drug-likeness (QED) is 0.627. The van der Waals surface area contributed by atoms with Crippen molar-refractivity contribution in [1.82, 2.24) is 25.6 Å². The van der Waals surface area contributed by atoms with Gasteiger partial charge in [-0.15, -0.1) is 0 Å². The molecule has 0 radical (unpaired) electrons. The number of benzene rings is 1. The van der Waals surface area contributed by atoms with Gasteiger partial charge in [-0.25, -0.2) is 0 Å². The lowest BCUT2D eigenvalue weighted by Gasteiger charge is -2.29. The van der Waals surface area contributed by atoms with Gasteiger partial charge in [0.05, 0.1) is 0 Å². The number of amides is 2. The first kappa shape index (κ1) is 19.9. The second-order valence-corrected chi connectivity index (χ2v) is 7.65. The van der Waals surface area contributed by atoms with Gasteiger partial charge in [-0.05, 0) is 31.2 Å². The first-order chi connectivity index (χ1) is 14.7. The second kappa shape index (κ2) is 9.39. The Morgan fingerprint density at radius 3 is 2.83 bits per heavy atom. The zero-order chi connectivity index (χ0) is 20.8. The van der Waals surface area contributed by atoms with Crippen molar-refractivity contribution < 1.29 is 14.1 Å². The molecule has 1 saturated carbocycles. The average Bonchev–Trinajstić information content (AvgIpc) is 3.46. The van der Waals surface area contributed by atoms with Crippen LogP contribution in [0.3, 0.4) is 0 Å². The van der Waals surface area contributed by atoms with Crippen LogP contribution in [-0.2, 0) is 11.3 Å². The van der Waals surface area contributed by atoms with Crippen molar-refractivity contribution >= 4 is 11.8 Å². The number of hydrogen-bond acceptors (Lipinski definition) is 5. The van der Waals surface area contributed by atoms with Crippen LogP contribution in [0.25, 0.3) is 11.3 Å². The number of nitrogens with zero attached hydrogens (tertiary/aromatic N) is 3. The summed E-state index contributed by atoms with van der Waals surface area (Å²) in [6, 6.07) is 13.1. The molecule has 2 atom stereocenters. The van der Waals surface area contributed by atoms with Crippen LogP contribution in [-0.4, -0.2) is 39.3 Å². The summed E-state index contributed by atoms with van der Waals surface area (Å²) in [4.78, 5) is 24.6. The van der Waals surface area contributed by atoms with E-state index in [-0.39, 0.29) is 30.2 Å². The van der Waals surface area contributed by atoms with Crippen LogP contribution in [0.2, 0.25) is 0 Å². The summed E-state index contributed by atoms with van der Waals surface area (Å²) < 4.78 is 6.85. The van der Waals surface area contributed by atoms with Crippen LogP contribution in [0.15, 0.2) is 59.4 Å². The SMILES string of the molecule is O=C(Cn1cccn1)NC[C@@H]1CCC[C@H](NC(=O)c2cc(-c3ccccc3)no2)C1. The van der Waals surface area contributed by atoms with E-state index in [0.29, 0.717) is 18.2 Å². The zero-order valence-corrected chi connectivity index (χ0v) is 16.7. The molecule has 0 aliphatic heterocycles. The first-order valence-corrected chi connectivity index (χ1v) is 10.2. The highest BCUT2D eigenvalue weighted by Crippen LogP contribution is 2.24. The summed E-state index contributed by atoms with van der Waals surface area (Å²) in [5, 5.41) is 14.1. The Balaban J connectivity index is 1.26. The van der Waals surface area contributed by atoms with Gasteiger partial charge in [-0.2, -0.15) is 5.10 Å². The van der Waals surface area contributed by atoms with E-state index < -0.39 is 0 Å². The molecule has 0 saturated heterocycles. The molecule has 30 heavy (non-hydrogen) atoms. The zero-order valence-electron chi connectivity index (χ0n) is 16.7. The van der Waals surface area contributed by atoms with Gasteiger partial charge in [-0.1, -0.05) is 41.9 Å². The summed E-state index contributed by atoms with van der Waals surface area (Å²) >= 11 is 0. The standard InChI is InChI=1S/C22H25N5O3/c28-21(15-27-11-5-10-24-27)23-14-16-6-4-9-18(12-16)25-22(29)20-13-19(26-30-20)17-7-2-1-3-8-17/h1-3,5,7-8,10-11,13,16,18H,4,6,9,12,14-15H2,(H,23,28)(H,25,29)/t16-,18+/m1/s1. The van der Waals surface area contributed by atoms with Crippen LogP contribution in [0, 0.1) is 5.92 Å². The van der Waals surface area contributed by atoms with E-state index in [1.54, 1.807) is 29.2 Å². The lowest BCUT2D eigenvalue weighted by Crippen LogP contribution is -2.41. The Morgan fingerprint density at radius 2 is 2.03 bits per heavy atom. The molecule has 8 nitrogen and oxygen atoms in total. The van der Waals surface area contributed by atoms with Gasteiger partial charge in [0.25, 0.3) is 5.91 Å². The van der Waals surface area contributed by atoms with E-state index in [2.05, 4.69) is 20.9 Å². The summed E-state index contributed by atoms with van der Waals surface area (Å²) in [6.45, 7) is 0.821. The van der Waals surface area contributed by atoms with Crippen molar-refractivity contribution in [2.24, 2.45) is 5.92 Å². The molecule has 2 aromatic heterocycles. The molecule has 0 spiro atoms. The van der Waals surface area contributed by atoms with Gasteiger partial charge in [0, 0.05) is 36.6 Å². The maximum absolute atomic E-state index is 12.6. The molecular weight excluding hydrogens is 382 g/mol. The van der Waals surface area contributed by atoms with Gasteiger partial charge >= 0.3 is 0 Å². The maximum atomic E-state index is 12.6. The van der Waals surface area contributed by atoms with E-state index in [9.17, 15) is 9.59 Å². The Bertz CT molecular complexity index is 968. The van der Waals surface area contributed by atoms with Crippen LogP contribution in [0.4, 0.5) is 0 Å². The number of carbonyl (C=O) groups excluding carboxylic acids is 2. The third-order valence-corrected chi connectivity index (χ3v) is 5.37. The monoisotopic (exact) mass is 407 g/mol. The molecule has 156 valence electrons. The van der Waals surface area contributed by atoms with Crippen LogP contribution in [0.5, 0.6) is 0 Å². The highest BCUT2D eigenvalue weighted by Gasteiger charge is 2.25. The first-order valence-electron chi connectivity index (χ1n) is 10.2. The van der Waals surface area contributed by atoms with Gasteiger partial charge in [0.1, 0.15) is 12.2 Å². The molecule has 4 rings (SSSR count). The molecule has 1 aromatic carbocycles. The third kappa shape index (κ3) is 5.14. The normalized spacial score (nSPS) is 18.7. The number of hydrogen-bond donors (Lipinski definition) is 2. The summed E-state index contributed by atoms with van der Waals surface area (Å²) in [7, 11) is 0. The highest BCUT2D eigenvalue weighted by molar-refractivity contribution is 5.92. The van der Waals surface area contributed by atoms with Gasteiger partial charge in [-0.3, -0.25) is 14.3 Å². The Kier molecular flexibility index (Phi) is 6.22. The van der Waals surface area contributed by atoms with Crippen molar-refractivity contribution in [3.05, 3.63) is 60.6 Å². The highest BCUT2D eigenvalue weighted by atomic mass is 16.5. The second-order valence-electron chi connectivity index (χ2n) is 7.65. The van der Waals surface area contributed by atoms with Crippen LogP contribution in [0.1, 0.15) is 36.2 Å². The summed E-state index contributed by atoms with van der Waals surface area (Å²) in [5.74, 6) is 0.238. The molecule has 3 aromatic rings. The number of carbonyl (C=O) groups is 2. The molecule has 0 unspecified atom stereocenters. The summed E-state index contributed by atoms with van der Waals surface area (Å²) in [6.07, 6.45) is 7.21. The molecule has 1 aliphatic carbocycles. The largest absolute Gasteiger partial charge is 0.354 e. The van der Waals surface area contributed by atoms with Crippen LogP contribution < -0.4 is 10.6 Å². The van der Waals surface area contributed by atoms with Crippen LogP contribution >= 0.6 is 0 Å². The van der Waals surface area contributed by atoms with E-state index in [1.807, 2.05) is 30.3 Å². The third-order valence-electron chi connectivity index (χ3n) is 5.37. The topological polar surface area (TPSA) is 102 Å². The minimum atomic E-state index is -0.252. The fourth-order valence-electron chi connectivity index (χ4n) is 3.85. The number of rotatable bonds is 7. The maximum Gasteiger partial charge on any atom is 0.290 e. The number of aromatic nitrogens is 3. The van der Waals surface area contributed by atoms with E-state index in [4.69, 9.17) is 4.52 Å². The summed E-state index contributed by atoms with van der Waals surface area (Å²) in [5.41, 5.74) is 1.55. The minimum Gasteiger partial charge on any atom is -0.354 e. The lowest BCUT2D eigenvalue weighted by molar-refractivity contribution is -0.122. The molecule has 2 N–H and O–H groups in total. The Hall–Kier alpha value is -3.42. The van der Waals surface area contributed by atoms with Crippen molar-refractivity contribution in [3.63, 3.8) is 0 Å². The minimum absolute atomic E-state index is 0.0556. The molecule has 2 amide bonds. The average molecular weight is 407 g/mol. The van der Waals surface area contributed by atoms with Crippen molar-refractivity contribution in [2.75, 3.05) is 6.54 Å². The predicted octanol–water partition coefficient (Wildman–Crippen LogP) is 2.64. The molecule has 1 aliphatic rings. The molecule has 8 heteroatoms. The Morgan fingerprint density at radius 1 is 1.17 bits per heavy atom. The smallest absolute Gasteiger partial charge is 0.290 e. The van der Waals surface area contributed by atoms with Crippen molar-refractivity contribution in [3.8, 4) is 11.3 Å². The fourth-order valence-corrected chi connectivity index (χ4v) is 3.85. The predicted molar refractivity (Wildman–Crippen MR) is 110 cm³/mol. The van der Waals surface area contributed by atoms with E-state index in [1.165, 1.54) is 0 Å². The lowest BCUT2D eigenvalue weighted by atomic mass is 9.85. The Labute approximate surface area is 174 Å². The number of nitrogens with one attached hydrogen (secondary N) is 2. The molecule has 2 heterocycles.